The van der Waals surface area contributed by atoms with Gasteiger partial charge in [-0.25, -0.2) is 0 Å². The Balaban J connectivity index is 2.12. The van der Waals surface area contributed by atoms with Gasteiger partial charge in [0.05, 0.1) is 11.6 Å². The fourth-order valence-corrected chi connectivity index (χ4v) is 2.43. The van der Waals surface area contributed by atoms with Crippen LogP contribution in [-0.2, 0) is 9.59 Å². The van der Waals surface area contributed by atoms with Crippen LogP contribution in [0.25, 0.3) is 0 Å². The molecular formula is C17H14BrN3O2. The summed E-state index contributed by atoms with van der Waals surface area (Å²) in [5, 5.41) is 11.6. The number of nitrogens with one attached hydrogen (secondary N) is 1. The number of hydrogen-bond acceptors (Lipinski definition) is 3. The van der Waals surface area contributed by atoms with Gasteiger partial charge in [-0.05, 0) is 36.4 Å². The molecule has 2 aromatic carbocycles. The lowest BCUT2D eigenvalue weighted by atomic mass is 10.2. The number of hydrogen-bond donors (Lipinski definition) is 1. The van der Waals surface area contributed by atoms with E-state index in [1.807, 2.05) is 12.1 Å². The van der Waals surface area contributed by atoms with E-state index in [0.717, 1.165) is 4.47 Å². The van der Waals surface area contributed by atoms with Crippen LogP contribution in [0.5, 0.6) is 0 Å². The Kier molecular flexibility index (Phi) is 5.50. The molecule has 2 rings (SSSR count). The van der Waals surface area contributed by atoms with E-state index in [4.69, 9.17) is 5.26 Å². The number of benzene rings is 2. The molecule has 0 aliphatic carbocycles. The van der Waals surface area contributed by atoms with E-state index in [1.54, 1.807) is 42.5 Å². The van der Waals surface area contributed by atoms with Crippen molar-refractivity contribution < 1.29 is 9.59 Å². The Morgan fingerprint density at radius 1 is 1.22 bits per heavy atom. The standard InChI is InChI=1S/C17H14BrN3O2/c1-12(22)21(16-7-3-5-14(18)9-16)11-17(23)20-15-6-2-4-13(8-15)10-19/h2-9H,11H2,1H3,(H,20,23). The second kappa shape index (κ2) is 7.56. The highest BCUT2D eigenvalue weighted by Crippen LogP contribution is 2.20. The van der Waals surface area contributed by atoms with Gasteiger partial charge in [-0.15, -0.1) is 0 Å². The lowest BCUT2D eigenvalue weighted by Crippen LogP contribution is -2.36. The van der Waals surface area contributed by atoms with Crippen LogP contribution in [0.3, 0.4) is 0 Å². The maximum absolute atomic E-state index is 12.2. The third-order valence-electron chi connectivity index (χ3n) is 3.08. The van der Waals surface area contributed by atoms with E-state index in [0.29, 0.717) is 16.9 Å². The Morgan fingerprint density at radius 2 is 1.96 bits per heavy atom. The highest BCUT2D eigenvalue weighted by Gasteiger charge is 2.16. The van der Waals surface area contributed by atoms with Gasteiger partial charge in [0.25, 0.3) is 0 Å². The van der Waals surface area contributed by atoms with Crippen molar-refractivity contribution in [3.8, 4) is 6.07 Å². The van der Waals surface area contributed by atoms with Crippen molar-refractivity contribution in [2.24, 2.45) is 0 Å². The number of nitriles is 1. The zero-order valence-corrected chi connectivity index (χ0v) is 14.0. The molecule has 2 amide bonds. The van der Waals surface area contributed by atoms with Crippen LogP contribution in [0.15, 0.2) is 53.0 Å². The zero-order chi connectivity index (χ0) is 16.8. The minimum absolute atomic E-state index is 0.109. The first-order valence-corrected chi connectivity index (χ1v) is 7.62. The Bertz CT molecular complexity index is 783. The number of carbonyl (C=O) groups is 2. The minimum atomic E-state index is -0.338. The fraction of sp³-hybridized carbons (Fsp3) is 0.118. The molecular weight excluding hydrogens is 358 g/mol. The molecule has 0 saturated carbocycles. The normalized spacial score (nSPS) is 9.78. The summed E-state index contributed by atoms with van der Waals surface area (Å²) in [5.74, 6) is -0.570. The molecule has 0 bridgehead atoms. The van der Waals surface area contributed by atoms with Gasteiger partial charge < -0.3 is 10.2 Å². The van der Waals surface area contributed by atoms with Crippen LogP contribution in [0.1, 0.15) is 12.5 Å². The van der Waals surface area contributed by atoms with Crippen LogP contribution >= 0.6 is 15.9 Å². The smallest absolute Gasteiger partial charge is 0.244 e. The molecule has 0 atom stereocenters. The predicted molar refractivity (Wildman–Crippen MR) is 92.0 cm³/mol. The maximum Gasteiger partial charge on any atom is 0.244 e. The van der Waals surface area contributed by atoms with Crippen molar-refractivity contribution in [1.82, 2.24) is 0 Å². The van der Waals surface area contributed by atoms with Crippen molar-refractivity contribution >= 4 is 39.1 Å². The Hall–Kier alpha value is -2.65. The molecule has 0 fully saturated rings. The van der Waals surface area contributed by atoms with Crippen molar-refractivity contribution in [2.45, 2.75) is 6.92 Å². The summed E-state index contributed by atoms with van der Waals surface area (Å²) < 4.78 is 0.823. The van der Waals surface area contributed by atoms with Gasteiger partial charge in [-0.2, -0.15) is 5.26 Å². The van der Waals surface area contributed by atoms with Crippen molar-refractivity contribution in [3.05, 3.63) is 58.6 Å². The second-order valence-corrected chi connectivity index (χ2v) is 5.74. The van der Waals surface area contributed by atoms with E-state index >= 15 is 0 Å². The number of carbonyl (C=O) groups excluding carboxylic acids is 2. The van der Waals surface area contributed by atoms with Crippen LogP contribution in [0.2, 0.25) is 0 Å². The van der Waals surface area contributed by atoms with E-state index in [9.17, 15) is 9.59 Å². The molecule has 116 valence electrons. The highest BCUT2D eigenvalue weighted by atomic mass is 79.9. The van der Waals surface area contributed by atoms with Crippen LogP contribution in [-0.4, -0.2) is 18.4 Å². The average molecular weight is 372 g/mol. The number of halogens is 1. The minimum Gasteiger partial charge on any atom is -0.324 e. The lowest BCUT2D eigenvalue weighted by molar-refractivity contribution is -0.120. The third kappa shape index (κ3) is 4.66. The number of nitrogens with zero attached hydrogens (tertiary/aromatic N) is 2. The molecule has 0 aliphatic rings. The summed E-state index contributed by atoms with van der Waals surface area (Å²) in [6.07, 6.45) is 0. The third-order valence-corrected chi connectivity index (χ3v) is 3.57. The lowest BCUT2D eigenvalue weighted by Gasteiger charge is -2.21. The summed E-state index contributed by atoms with van der Waals surface area (Å²) in [6.45, 7) is 1.30. The summed E-state index contributed by atoms with van der Waals surface area (Å²) in [6, 6.07) is 15.8. The van der Waals surface area contributed by atoms with Gasteiger partial charge in [0.2, 0.25) is 11.8 Å². The largest absolute Gasteiger partial charge is 0.324 e. The molecule has 0 heterocycles. The first kappa shape index (κ1) is 16.7. The summed E-state index contributed by atoms with van der Waals surface area (Å²) in [7, 11) is 0. The predicted octanol–water partition coefficient (Wildman–Crippen LogP) is 3.31. The van der Waals surface area contributed by atoms with E-state index in [2.05, 4.69) is 21.2 Å². The fourth-order valence-electron chi connectivity index (χ4n) is 2.04. The van der Waals surface area contributed by atoms with Crippen LogP contribution in [0, 0.1) is 11.3 Å². The molecule has 0 radical (unpaired) electrons. The average Bonchev–Trinajstić information content (AvgIpc) is 2.52. The molecule has 1 N–H and O–H groups in total. The molecule has 0 saturated heterocycles. The maximum atomic E-state index is 12.2. The first-order valence-electron chi connectivity index (χ1n) is 6.83. The van der Waals surface area contributed by atoms with Crippen LogP contribution < -0.4 is 10.2 Å². The Labute approximate surface area is 142 Å². The molecule has 5 nitrogen and oxygen atoms in total. The second-order valence-electron chi connectivity index (χ2n) is 4.83. The first-order chi connectivity index (χ1) is 11.0. The molecule has 0 spiro atoms. The van der Waals surface area contributed by atoms with E-state index in [-0.39, 0.29) is 18.4 Å². The Morgan fingerprint density at radius 3 is 2.61 bits per heavy atom. The topological polar surface area (TPSA) is 73.2 Å². The van der Waals surface area contributed by atoms with E-state index < -0.39 is 0 Å². The van der Waals surface area contributed by atoms with Crippen molar-refractivity contribution in [3.63, 3.8) is 0 Å². The molecule has 0 unspecified atom stereocenters. The number of amides is 2. The van der Waals surface area contributed by atoms with Crippen molar-refractivity contribution in [1.29, 1.82) is 5.26 Å². The highest BCUT2D eigenvalue weighted by molar-refractivity contribution is 9.10. The number of rotatable bonds is 4. The molecule has 0 aliphatic heterocycles. The van der Waals surface area contributed by atoms with Gasteiger partial charge in [0.1, 0.15) is 6.54 Å². The summed E-state index contributed by atoms with van der Waals surface area (Å²) in [5.41, 5.74) is 1.61. The zero-order valence-electron chi connectivity index (χ0n) is 12.4. The van der Waals surface area contributed by atoms with Gasteiger partial charge >= 0.3 is 0 Å². The van der Waals surface area contributed by atoms with Crippen LogP contribution in [0.4, 0.5) is 11.4 Å². The van der Waals surface area contributed by atoms with Gasteiger partial charge in [0, 0.05) is 22.8 Å². The molecule has 0 aromatic heterocycles. The van der Waals surface area contributed by atoms with E-state index in [1.165, 1.54) is 11.8 Å². The van der Waals surface area contributed by atoms with Gasteiger partial charge in [-0.3, -0.25) is 9.59 Å². The quantitative estimate of drug-likeness (QED) is 0.895. The van der Waals surface area contributed by atoms with Gasteiger partial charge in [-0.1, -0.05) is 28.1 Å². The molecule has 6 heteroatoms. The monoisotopic (exact) mass is 371 g/mol. The summed E-state index contributed by atoms with van der Waals surface area (Å²) >= 11 is 3.35. The number of anilines is 2. The van der Waals surface area contributed by atoms with Gasteiger partial charge in [0.15, 0.2) is 0 Å². The molecule has 2 aromatic rings. The molecule has 23 heavy (non-hydrogen) atoms. The van der Waals surface area contributed by atoms with Crippen molar-refractivity contribution in [2.75, 3.05) is 16.8 Å². The summed E-state index contributed by atoms with van der Waals surface area (Å²) in [4.78, 5) is 25.4. The SMILES string of the molecule is CC(=O)N(CC(=O)Nc1cccc(C#N)c1)c1cccc(Br)c1.